The maximum absolute atomic E-state index is 13.2. The number of rotatable bonds is 7. The molecule has 0 saturated carbocycles. The average Bonchev–Trinajstić information content (AvgIpc) is 3.54. The van der Waals surface area contributed by atoms with Crippen LogP contribution in [0.2, 0.25) is 0 Å². The summed E-state index contributed by atoms with van der Waals surface area (Å²) in [4.78, 5) is 24.7. The van der Waals surface area contributed by atoms with Gasteiger partial charge in [-0.2, -0.15) is 4.31 Å². The third-order valence-electron chi connectivity index (χ3n) is 5.75. The van der Waals surface area contributed by atoms with E-state index in [0.717, 1.165) is 10.6 Å². The van der Waals surface area contributed by atoms with Gasteiger partial charge in [-0.1, -0.05) is 12.1 Å². The van der Waals surface area contributed by atoms with Crippen LogP contribution in [0.5, 0.6) is 0 Å². The SMILES string of the molecule is COC(=O)c1ccccc1S(=O)(=O)N1CCC(C(=O)NCc2ccsc2-n2cccc2)CC1. The molecule has 1 N–H and O–H groups in total. The number of carbonyl (C=O) groups is 2. The molecule has 4 rings (SSSR count). The van der Waals surface area contributed by atoms with Crippen LogP contribution in [-0.4, -0.2) is 49.4 Å². The van der Waals surface area contributed by atoms with E-state index in [2.05, 4.69) is 5.32 Å². The van der Waals surface area contributed by atoms with E-state index in [1.165, 1.54) is 23.5 Å². The van der Waals surface area contributed by atoms with E-state index in [-0.39, 0.29) is 35.4 Å². The number of nitrogens with one attached hydrogen (secondary N) is 1. The second-order valence-electron chi connectivity index (χ2n) is 7.73. The minimum atomic E-state index is -3.88. The van der Waals surface area contributed by atoms with E-state index >= 15 is 0 Å². The molecule has 174 valence electrons. The number of hydrogen-bond donors (Lipinski definition) is 1. The van der Waals surface area contributed by atoms with Gasteiger partial charge >= 0.3 is 5.97 Å². The van der Waals surface area contributed by atoms with Crippen molar-refractivity contribution in [3.8, 4) is 5.00 Å². The molecule has 33 heavy (non-hydrogen) atoms. The number of sulfonamides is 1. The summed E-state index contributed by atoms with van der Waals surface area (Å²) < 4.78 is 34.4. The van der Waals surface area contributed by atoms with Gasteiger partial charge in [0.05, 0.1) is 17.6 Å². The lowest BCUT2D eigenvalue weighted by Gasteiger charge is -2.31. The van der Waals surface area contributed by atoms with Gasteiger partial charge in [0.15, 0.2) is 0 Å². The van der Waals surface area contributed by atoms with Gasteiger partial charge in [-0.3, -0.25) is 4.79 Å². The first-order valence-electron chi connectivity index (χ1n) is 10.6. The second-order valence-corrected chi connectivity index (χ2v) is 10.5. The molecule has 0 atom stereocenters. The molecule has 1 amide bonds. The first-order valence-corrected chi connectivity index (χ1v) is 12.9. The molecule has 2 aromatic heterocycles. The predicted octanol–water partition coefficient (Wildman–Crippen LogP) is 3.04. The Morgan fingerprint density at radius 2 is 1.79 bits per heavy atom. The molecule has 3 heterocycles. The van der Waals surface area contributed by atoms with Crippen molar-refractivity contribution >= 4 is 33.2 Å². The first kappa shape index (κ1) is 23.2. The normalized spacial score (nSPS) is 15.3. The summed E-state index contributed by atoms with van der Waals surface area (Å²) in [6.45, 7) is 0.840. The molecular formula is C23H25N3O5S2. The smallest absolute Gasteiger partial charge is 0.339 e. The summed E-state index contributed by atoms with van der Waals surface area (Å²) in [7, 11) is -2.66. The summed E-state index contributed by atoms with van der Waals surface area (Å²) in [5.41, 5.74) is 1.04. The molecule has 0 bridgehead atoms. The van der Waals surface area contributed by atoms with Gasteiger partial charge in [-0.05, 0) is 48.6 Å². The highest BCUT2D eigenvalue weighted by molar-refractivity contribution is 7.89. The summed E-state index contributed by atoms with van der Waals surface area (Å²) in [6.07, 6.45) is 4.76. The number of methoxy groups -OCH3 is 1. The number of amides is 1. The highest BCUT2D eigenvalue weighted by Crippen LogP contribution is 2.27. The number of nitrogens with zero attached hydrogens (tertiary/aromatic N) is 2. The largest absolute Gasteiger partial charge is 0.465 e. The molecule has 3 aromatic rings. The van der Waals surface area contributed by atoms with Crippen LogP contribution in [0.3, 0.4) is 0 Å². The van der Waals surface area contributed by atoms with Crippen molar-refractivity contribution in [2.24, 2.45) is 5.92 Å². The van der Waals surface area contributed by atoms with Crippen LogP contribution >= 0.6 is 11.3 Å². The van der Waals surface area contributed by atoms with Crippen molar-refractivity contribution in [2.45, 2.75) is 24.3 Å². The van der Waals surface area contributed by atoms with Gasteiger partial charge in [0.25, 0.3) is 0 Å². The fourth-order valence-corrected chi connectivity index (χ4v) is 6.50. The number of thiophene rings is 1. The number of piperidine rings is 1. The molecule has 8 nitrogen and oxygen atoms in total. The quantitative estimate of drug-likeness (QED) is 0.517. The third-order valence-corrected chi connectivity index (χ3v) is 8.68. The molecular weight excluding hydrogens is 462 g/mol. The zero-order chi connectivity index (χ0) is 23.4. The van der Waals surface area contributed by atoms with Crippen LogP contribution in [-0.2, 0) is 26.1 Å². The Bertz CT molecular complexity index is 1230. The van der Waals surface area contributed by atoms with Crippen LogP contribution < -0.4 is 5.32 Å². The number of ether oxygens (including phenoxy) is 1. The van der Waals surface area contributed by atoms with Crippen LogP contribution in [0.15, 0.2) is 65.1 Å². The Labute approximate surface area is 196 Å². The number of esters is 1. The molecule has 1 saturated heterocycles. The van der Waals surface area contributed by atoms with E-state index in [1.807, 2.05) is 40.5 Å². The molecule has 1 aliphatic heterocycles. The summed E-state index contributed by atoms with van der Waals surface area (Å²) >= 11 is 1.61. The minimum Gasteiger partial charge on any atom is -0.465 e. The van der Waals surface area contributed by atoms with Crippen molar-refractivity contribution < 1.29 is 22.7 Å². The Kier molecular flexibility index (Phi) is 6.96. The molecule has 10 heteroatoms. The van der Waals surface area contributed by atoms with Crippen molar-refractivity contribution in [3.63, 3.8) is 0 Å². The topological polar surface area (TPSA) is 97.7 Å². The first-order chi connectivity index (χ1) is 15.9. The summed E-state index contributed by atoms with van der Waals surface area (Å²) in [5.74, 6) is -1.04. The number of benzene rings is 1. The summed E-state index contributed by atoms with van der Waals surface area (Å²) in [5, 5.41) is 6.05. The standard InChI is InChI=1S/C23H25N3O5S2/c1-31-23(28)19-6-2-3-7-20(19)33(29,30)26-13-8-17(9-14-26)21(27)24-16-18-10-15-32-22(18)25-11-4-5-12-25/h2-7,10-12,15,17H,8-9,13-14,16H2,1H3,(H,24,27). The molecule has 1 aliphatic rings. The lowest BCUT2D eigenvalue weighted by molar-refractivity contribution is -0.126. The van der Waals surface area contributed by atoms with Crippen molar-refractivity contribution in [1.29, 1.82) is 0 Å². The van der Waals surface area contributed by atoms with Crippen LogP contribution in [0.1, 0.15) is 28.8 Å². The van der Waals surface area contributed by atoms with Crippen molar-refractivity contribution in [2.75, 3.05) is 20.2 Å². The Morgan fingerprint density at radius 3 is 2.48 bits per heavy atom. The number of aromatic nitrogens is 1. The highest BCUT2D eigenvalue weighted by atomic mass is 32.2. The van der Waals surface area contributed by atoms with Crippen LogP contribution in [0, 0.1) is 5.92 Å². The number of carbonyl (C=O) groups excluding carboxylic acids is 2. The van der Waals surface area contributed by atoms with Crippen molar-refractivity contribution in [1.82, 2.24) is 14.2 Å². The number of hydrogen-bond acceptors (Lipinski definition) is 6. The van der Waals surface area contributed by atoms with E-state index < -0.39 is 16.0 Å². The predicted molar refractivity (Wildman–Crippen MR) is 125 cm³/mol. The van der Waals surface area contributed by atoms with Gasteiger partial charge in [0.1, 0.15) is 5.00 Å². The highest BCUT2D eigenvalue weighted by Gasteiger charge is 2.34. The maximum atomic E-state index is 13.2. The maximum Gasteiger partial charge on any atom is 0.339 e. The zero-order valence-electron chi connectivity index (χ0n) is 18.1. The average molecular weight is 488 g/mol. The molecule has 1 fully saturated rings. The Hall–Kier alpha value is -2.95. The zero-order valence-corrected chi connectivity index (χ0v) is 19.8. The van der Waals surface area contributed by atoms with E-state index in [9.17, 15) is 18.0 Å². The van der Waals surface area contributed by atoms with Crippen molar-refractivity contribution in [3.05, 3.63) is 71.4 Å². The second kappa shape index (κ2) is 9.90. The van der Waals surface area contributed by atoms with Gasteiger partial charge in [-0.25, -0.2) is 13.2 Å². The molecule has 0 radical (unpaired) electrons. The van der Waals surface area contributed by atoms with Crippen LogP contribution in [0.4, 0.5) is 0 Å². The lowest BCUT2D eigenvalue weighted by Crippen LogP contribution is -2.43. The minimum absolute atomic E-state index is 0.00845. The Balaban J connectivity index is 1.37. The van der Waals surface area contributed by atoms with Gasteiger partial charge in [0, 0.05) is 43.5 Å². The van der Waals surface area contributed by atoms with E-state index in [4.69, 9.17) is 4.74 Å². The molecule has 0 spiro atoms. The third kappa shape index (κ3) is 4.87. The van der Waals surface area contributed by atoms with Crippen LogP contribution in [0.25, 0.3) is 5.00 Å². The van der Waals surface area contributed by atoms with E-state index in [1.54, 1.807) is 23.5 Å². The monoisotopic (exact) mass is 487 g/mol. The lowest BCUT2D eigenvalue weighted by atomic mass is 9.97. The summed E-state index contributed by atoms with van der Waals surface area (Å²) in [6, 6.07) is 11.9. The van der Waals surface area contributed by atoms with Gasteiger partial charge in [0.2, 0.25) is 15.9 Å². The fourth-order valence-electron chi connectivity index (χ4n) is 3.95. The van der Waals surface area contributed by atoms with E-state index in [0.29, 0.717) is 19.4 Å². The molecule has 0 unspecified atom stereocenters. The van der Waals surface area contributed by atoms with Gasteiger partial charge in [-0.15, -0.1) is 11.3 Å². The van der Waals surface area contributed by atoms with Gasteiger partial charge < -0.3 is 14.6 Å². The fraction of sp³-hybridized carbons (Fsp3) is 0.304. The molecule has 0 aliphatic carbocycles. The molecule has 1 aromatic carbocycles. The Morgan fingerprint density at radius 1 is 1.09 bits per heavy atom.